The number of hydrogen-bond acceptors (Lipinski definition) is 1. The van der Waals surface area contributed by atoms with E-state index in [1.807, 2.05) is 47.6 Å². The van der Waals surface area contributed by atoms with Crippen molar-refractivity contribution < 1.29 is 14.4 Å². The molecule has 0 bridgehead atoms. The van der Waals surface area contributed by atoms with Crippen LogP contribution in [0.2, 0.25) is 0 Å². The second-order valence-corrected chi connectivity index (χ2v) is 6.38. The van der Waals surface area contributed by atoms with E-state index in [1.165, 1.54) is 5.56 Å². The minimum Gasteiger partial charge on any atom is -0.324 e. The molecule has 0 amide bonds. The molecule has 0 radical (unpaired) electrons. The van der Waals surface area contributed by atoms with Crippen molar-refractivity contribution in [1.82, 2.24) is 0 Å². The first-order valence-electron chi connectivity index (χ1n) is 6.28. The topological polar surface area (TPSA) is 57.5 Å². The molecule has 3 nitrogen and oxygen atoms in total. The zero-order valence-corrected chi connectivity index (χ0v) is 13.3. The van der Waals surface area contributed by atoms with Gasteiger partial charge in [-0.1, -0.05) is 19.9 Å². The Hall–Kier alpha value is -0.630. The van der Waals surface area contributed by atoms with E-state index in [1.54, 1.807) is 6.92 Å². The van der Waals surface area contributed by atoms with Crippen molar-refractivity contribution in [2.75, 3.05) is 0 Å². The monoisotopic (exact) mass is 272 g/mol. The summed E-state index contributed by atoms with van der Waals surface area (Å²) in [6.45, 7) is 13.5. The van der Waals surface area contributed by atoms with Crippen LogP contribution in [0.4, 0.5) is 0 Å². The Bertz CT molecular complexity index is 461. The van der Waals surface area contributed by atoms with Gasteiger partial charge in [-0.2, -0.15) is 0 Å². The minimum absolute atomic E-state index is 0.731. The van der Waals surface area contributed by atoms with Crippen LogP contribution >= 0.6 is 7.60 Å². The normalized spacial score (nSPS) is 12.7. The van der Waals surface area contributed by atoms with Crippen molar-refractivity contribution in [3.63, 3.8) is 0 Å². The average molecular weight is 272 g/mol. The molecule has 0 aromatic heterocycles. The summed E-state index contributed by atoms with van der Waals surface area (Å²) in [5.41, 5.74) is 4.41. The van der Waals surface area contributed by atoms with Gasteiger partial charge in [0, 0.05) is 0 Å². The predicted octanol–water partition coefficient (Wildman–Crippen LogP) is 4.19. The Balaban J connectivity index is 0.00000137. The van der Waals surface area contributed by atoms with Gasteiger partial charge in [-0.3, -0.25) is 4.57 Å². The summed E-state index contributed by atoms with van der Waals surface area (Å²) in [6, 6.07) is 1.89. The van der Waals surface area contributed by atoms with Crippen LogP contribution in [0.15, 0.2) is 6.07 Å². The third-order valence-corrected chi connectivity index (χ3v) is 4.76. The lowest BCUT2D eigenvalue weighted by molar-refractivity contribution is 0.361. The summed E-state index contributed by atoms with van der Waals surface area (Å²) in [6.07, 6.45) is 0. The average Bonchev–Trinajstić information content (AvgIpc) is 2.31. The summed E-state index contributed by atoms with van der Waals surface area (Å²) in [5.74, 6) is 0. The Kier molecular flexibility index (Phi) is 6.28. The first-order chi connectivity index (χ1) is 8.16. The van der Waals surface area contributed by atoms with Gasteiger partial charge in [0.2, 0.25) is 0 Å². The minimum atomic E-state index is -4.06. The third kappa shape index (κ3) is 3.68. The number of benzene rings is 1. The van der Waals surface area contributed by atoms with Crippen LogP contribution in [-0.4, -0.2) is 9.79 Å². The standard InChI is InChI=1S/C12H19O3P.C2H6/c1-7-6-12(11(5)16(13,14)15)10(4)9(3)8(7)2;1-2/h6,11H,1-5H3,(H2,13,14,15);1-2H3. The molecule has 0 spiro atoms. The van der Waals surface area contributed by atoms with Gasteiger partial charge in [0.25, 0.3) is 0 Å². The van der Waals surface area contributed by atoms with E-state index >= 15 is 0 Å². The molecule has 104 valence electrons. The van der Waals surface area contributed by atoms with E-state index in [0.29, 0.717) is 0 Å². The Morgan fingerprint density at radius 1 is 1.00 bits per heavy atom. The molecule has 0 aliphatic rings. The van der Waals surface area contributed by atoms with Crippen LogP contribution in [0.5, 0.6) is 0 Å². The molecule has 0 aliphatic carbocycles. The number of aryl methyl sites for hydroxylation is 1. The molecule has 0 saturated heterocycles. The van der Waals surface area contributed by atoms with Crippen LogP contribution < -0.4 is 0 Å². The highest BCUT2D eigenvalue weighted by atomic mass is 31.2. The van der Waals surface area contributed by atoms with E-state index in [4.69, 9.17) is 0 Å². The third-order valence-electron chi connectivity index (χ3n) is 3.48. The fourth-order valence-corrected chi connectivity index (χ4v) is 2.49. The van der Waals surface area contributed by atoms with Gasteiger partial charge in [0.15, 0.2) is 0 Å². The highest BCUT2D eigenvalue weighted by Crippen LogP contribution is 2.52. The summed E-state index contributed by atoms with van der Waals surface area (Å²) in [5, 5.41) is 0. The molecule has 1 aromatic carbocycles. The molecule has 1 unspecified atom stereocenters. The van der Waals surface area contributed by atoms with Gasteiger partial charge in [-0.05, 0) is 62.4 Å². The van der Waals surface area contributed by atoms with Crippen LogP contribution in [0.25, 0.3) is 0 Å². The summed E-state index contributed by atoms with van der Waals surface area (Å²) in [7, 11) is -4.06. The van der Waals surface area contributed by atoms with E-state index in [-0.39, 0.29) is 0 Å². The van der Waals surface area contributed by atoms with Gasteiger partial charge in [-0.15, -0.1) is 0 Å². The molecule has 2 N–H and O–H groups in total. The zero-order valence-electron chi connectivity index (χ0n) is 12.4. The van der Waals surface area contributed by atoms with Crippen molar-refractivity contribution in [3.05, 3.63) is 33.9 Å². The first kappa shape index (κ1) is 17.4. The highest BCUT2D eigenvalue weighted by molar-refractivity contribution is 7.52. The van der Waals surface area contributed by atoms with E-state index in [2.05, 4.69) is 0 Å². The lowest BCUT2D eigenvalue weighted by Crippen LogP contribution is -2.02. The zero-order chi connectivity index (χ0) is 14.7. The van der Waals surface area contributed by atoms with Gasteiger partial charge in [0.05, 0.1) is 5.66 Å². The molecular formula is C14H25O3P. The van der Waals surface area contributed by atoms with Crippen LogP contribution in [0.3, 0.4) is 0 Å². The SMILES string of the molecule is CC.Cc1cc(C(C)P(=O)(O)O)c(C)c(C)c1C. The predicted molar refractivity (Wildman–Crippen MR) is 77.2 cm³/mol. The molecule has 1 aromatic rings. The molecular weight excluding hydrogens is 247 g/mol. The quantitative estimate of drug-likeness (QED) is 0.794. The molecule has 1 atom stereocenters. The molecule has 4 heteroatoms. The van der Waals surface area contributed by atoms with Gasteiger partial charge in [0.1, 0.15) is 0 Å². The Labute approximate surface area is 110 Å². The molecule has 1 rings (SSSR count). The Morgan fingerprint density at radius 2 is 1.44 bits per heavy atom. The van der Waals surface area contributed by atoms with Crippen LogP contribution in [0, 0.1) is 27.7 Å². The van der Waals surface area contributed by atoms with Crippen molar-refractivity contribution in [3.8, 4) is 0 Å². The van der Waals surface area contributed by atoms with Gasteiger partial charge < -0.3 is 9.79 Å². The van der Waals surface area contributed by atoms with E-state index < -0.39 is 13.3 Å². The molecule has 18 heavy (non-hydrogen) atoms. The van der Waals surface area contributed by atoms with Crippen molar-refractivity contribution in [2.45, 2.75) is 54.1 Å². The lowest BCUT2D eigenvalue weighted by atomic mass is 9.93. The maximum Gasteiger partial charge on any atom is 0.332 e. The van der Waals surface area contributed by atoms with Crippen molar-refractivity contribution in [1.29, 1.82) is 0 Å². The highest BCUT2D eigenvalue weighted by Gasteiger charge is 2.27. The molecule has 0 aliphatic heterocycles. The second-order valence-electron chi connectivity index (χ2n) is 4.42. The van der Waals surface area contributed by atoms with Crippen molar-refractivity contribution >= 4 is 7.60 Å². The smallest absolute Gasteiger partial charge is 0.324 e. The van der Waals surface area contributed by atoms with Crippen molar-refractivity contribution in [2.24, 2.45) is 0 Å². The first-order valence-corrected chi connectivity index (χ1v) is 7.97. The fourth-order valence-electron chi connectivity index (χ4n) is 1.86. The molecule has 0 saturated carbocycles. The molecule has 0 heterocycles. The van der Waals surface area contributed by atoms with Crippen LogP contribution in [-0.2, 0) is 4.57 Å². The van der Waals surface area contributed by atoms with E-state index in [0.717, 1.165) is 22.3 Å². The maximum absolute atomic E-state index is 11.3. The second kappa shape index (κ2) is 6.51. The lowest BCUT2D eigenvalue weighted by Gasteiger charge is -2.20. The molecule has 0 fully saturated rings. The summed E-state index contributed by atoms with van der Waals surface area (Å²) < 4.78 is 11.3. The largest absolute Gasteiger partial charge is 0.332 e. The van der Waals surface area contributed by atoms with Gasteiger partial charge >= 0.3 is 7.60 Å². The fraction of sp³-hybridized carbons (Fsp3) is 0.571. The summed E-state index contributed by atoms with van der Waals surface area (Å²) in [4.78, 5) is 18.5. The number of rotatable bonds is 2. The number of hydrogen-bond donors (Lipinski definition) is 2. The van der Waals surface area contributed by atoms with E-state index in [9.17, 15) is 14.4 Å². The summed E-state index contributed by atoms with van der Waals surface area (Å²) >= 11 is 0. The maximum atomic E-state index is 11.3. The van der Waals surface area contributed by atoms with Gasteiger partial charge in [-0.25, -0.2) is 0 Å². The van der Waals surface area contributed by atoms with Crippen LogP contribution in [0.1, 0.15) is 54.2 Å². The Morgan fingerprint density at radius 3 is 1.83 bits per heavy atom.